The minimum atomic E-state index is -4.57. The van der Waals surface area contributed by atoms with E-state index in [4.69, 9.17) is 21.1 Å². The number of nitro benzene ring substituents is 1. The molecule has 5 aromatic rings. The molecule has 17 heteroatoms. The van der Waals surface area contributed by atoms with Gasteiger partial charge in [0.25, 0.3) is 21.6 Å². The number of pyridine rings is 1. The summed E-state index contributed by atoms with van der Waals surface area (Å²) < 4.78 is 41.7. The van der Waals surface area contributed by atoms with Crippen LogP contribution in [0.15, 0.2) is 95.7 Å². The van der Waals surface area contributed by atoms with E-state index < -0.39 is 25.7 Å². The van der Waals surface area contributed by atoms with Crippen molar-refractivity contribution in [2.45, 2.75) is 75.8 Å². The van der Waals surface area contributed by atoms with Gasteiger partial charge in [-0.1, -0.05) is 43.2 Å². The average Bonchev–Trinajstić information content (AvgIpc) is 3.79. The molecule has 348 valence electrons. The number of ether oxygens (including phenoxy) is 2. The summed E-state index contributed by atoms with van der Waals surface area (Å²) in [7, 11) is -4.57. The van der Waals surface area contributed by atoms with Gasteiger partial charge in [-0.2, -0.15) is 0 Å². The molecule has 3 fully saturated rings. The Kier molecular flexibility index (Phi) is 13.4. The van der Waals surface area contributed by atoms with Gasteiger partial charge in [-0.25, -0.2) is 18.1 Å². The average molecular weight is 938 g/mol. The molecule has 0 unspecified atom stereocenters. The number of anilines is 2. The molecule has 3 N–H and O–H groups in total. The molecule has 66 heavy (non-hydrogen) atoms. The molecule has 4 aliphatic rings. The fourth-order valence-electron chi connectivity index (χ4n) is 9.92. The zero-order chi connectivity index (χ0) is 46.0. The summed E-state index contributed by atoms with van der Waals surface area (Å²) >= 11 is 6.25. The molecule has 2 saturated heterocycles. The number of nitrogens with one attached hydrogen (secondary N) is 3. The van der Waals surface area contributed by atoms with Crippen LogP contribution < -0.4 is 19.7 Å². The van der Waals surface area contributed by atoms with Gasteiger partial charge in [-0.05, 0) is 110 Å². The minimum Gasteiger partial charge on any atom is -0.455 e. The number of amides is 1. The van der Waals surface area contributed by atoms with Crippen LogP contribution in [0.4, 0.5) is 17.1 Å². The molecule has 9 rings (SSSR count). The highest BCUT2D eigenvalue weighted by atomic mass is 35.5. The van der Waals surface area contributed by atoms with Crippen molar-refractivity contribution < 1.29 is 27.6 Å². The Morgan fingerprint density at radius 3 is 2.47 bits per heavy atom. The number of aromatic nitrogens is 2. The number of morpholine rings is 1. The van der Waals surface area contributed by atoms with Gasteiger partial charge < -0.3 is 24.7 Å². The van der Waals surface area contributed by atoms with Crippen LogP contribution >= 0.6 is 11.6 Å². The molecule has 15 nitrogen and oxygen atoms in total. The fraction of sp³-hybridized carbons (Fsp3) is 0.429. The van der Waals surface area contributed by atoms with E-state index in [1.165, 1.54) is 35.0 Å². The molecule has 3 aromatic carbocycles. The number of carbonyl (C=O) groups is 1. The van der Waals surface area contributed by atoms with Crippen molar-refractivity contribution in [1.82, 2.24) is 24.5 Å². The first kappa shape index (κ1) is 45.6. The smallest absolute Gasteiger partial charge is 0.293 e. The van der Waals surface area contributed by atoms with Crippen LogP contribution in [-0.4, -0.2) is 110 Å². The topological polar surface area (TPSA) is 175 Å². The van der Waals surface area contributed by atoms with E-state index in [1.54, 1.807) is 30.5 Å². The maximum absolute atomic E-state index is 14.0. The molecule has 2 aromatic heterocycles. The largest absolute Gasteiger partial charge is 0.455 e. The number of sulfonamides is 1. The van der Waals surface area contributed by atoms with Crippen molar-refractivity contribution in [2.75, 3.05) is 69.2 Å². The second kappa shape index (κ2) is 19.4. The van der Waals surface area contributed by atoms with Gasteiger partial charge in [-0.3, -0.25) is 24.7 Å². The molecule has 4 heterocycles. The lowest BCUT2D eigenvalue weighted by atomic mass is 9.72. The number of carbonyl (C=O) groups excluding carboxylic acids is 1. The van der Waals surface area contributed by atoms with Crippen molar-refractivity contribution in [2.24, 2.45) is 5.41 Å². The quantitative estimate of drug-likeness (QED) is 0.0757. The SMILES string of the molecule is CC1(C)CCC(CN2CCN(c3ccc(C(=O)NS(=O)(=O)c4ccc(NC5CCC(N6CCOCC6)CC5)c([N+](=O)[O-])c4)c(Oc4cnc5[nH]ccc5c4)c3)CC2)=C(c2ccc(Cl)cc2)C1. The molecule has 0 spiro atoms. The van der Waals surface area contributed by atoms with Crippen LogP contribution in [0, 0.1) is 15.5 Å². The van der Waals surface area contributed by atoms with Crippen molar-refractivity contribution in [3.63, 3.8) is 0 Å². The summed E-state index contributed by atoms with van der Waals surface area (Å²) in [6.07, 6.45) is 10.1. The maximum atomic E-state index is 14.0. The van der Waals surface area contributed by atoms with E-state index in [-0.39, 0.29) is 34.1 Å². The molecule has 2 aliphatic heterocycles. The first-order chi connectivity index (χ1) is 31.8. The van der Waals surface area contributed by atoms with Crippen LogP contribution in [-0.2, 0) is 14.8 Å². The molecule has 2 aliphatic carbocycles. The number of fused-ring (bicyclic) bond motifs is 1. The third kappa shape index (κ3) is 10.5. The van der Waals surface area contributed by atoms with Gasteiger partial charge in [0.1, 0.15) is 22.8 Å². The zero-order valence-electron chi connectivity index (χ0n) is 37.4. The zero-order valence-corrected chi connectivity index (χ0v) is 39.0. The maximum Gasteiger partial charge on any atom is 0.293 e. The monoisotopic (exact) mass is 936 g/mol. The molecule has 0 radical (unpaired) electrons. The number of aromatic amines is 1. The third-order valence-corrected chi connectivity index (χ3v) is 15.2. The predicted octanol–water partition coefficient (Wildman–Crippen LogP) is 8.88. The van der Waals surface area contributed by atoms with Crippen molar-refractivity contribution >= 4 is 61.2 Å². The van der Waals surface area contributed by atoms with Gasteiger partial charge >= 0.3 is 0 Å². The van der Waals surface area contributed by atoms with Crippen LogP contribution in [0.1, 0.15) is 74.7 Å². The van der Waals surface area contributed by atoms with Gasteiger partial charge in [0, 0.05) is 92.3 Å². The van der Waals surface area contributed by atoms with E-state index in [0.717, 1.165) is 126 Å². The fourth-order valence-corrected chi connectivity index (χ4v) is 11.0. The molecule has 1 saturated carbocycles. The lowest BCUT2D eigenvalue weighted by Gasteiger charge is -2.39. The summed E-state index contributed by atoms with van der Waals surface area (Å²) in [6, 6.07) is 21.1. The summed E-state index contributed by atoms with van der Waals surface area (Å²) in [4.78, 5) is 40.0. The molecule has 0 atom stereocenters. The highest BCUT2D eigenvalue weighted by Crippen LogP contribution is 2.44. The van der Waals surface area contributed by atoms with Gasteiger partial charge in [0.15, 0.2) is 0 Å². The van der Waals surface area contributed by atoms with Crippen molar-refractivity contribution in [3.8, 4) is 11.5 Å². The lowest BCUT2D eigenvalue weighted by molar-refractivity contribution is -0.384. The van der Waals surface area contributed by atoms with Crippen LogP contribution in [0.5, 0.6) is 11.5 Å². The summed E-state index contributed by atoms with van der Waals surface area (Å²) in [5.74, 6) is -0.454. The molecular weight excluding hydrogens is 880 g/mol. The summed E-state index contributed by atoms with van der Waals surface area (Å²) in [6.45, 7) is 11.9. The Morgan fingerprint density at radius 1 is 0.970 bits per heavy atom. The molecule has 0 bridgehead atoms. The number of rotatable bonds is 13. The first-order valence-electron chi connectivity index (χ1n) is 22.9. The standard InChI is InChI=1S/C49H57ClN8O7S/c1-49(2)17-15-35(43(30-49)33-3-5-36(50)6-4-33)32-55-19-21-56(22-20-55)39-11-13-42(46(28-39)65-40-27-34-16-18-51-47(34)52-31-40)48(59)54-66(62,63)41-12-14-44(45(29-41)58(60)61)53-37-7-9-38(10-8-37)57-23-25-64-26-24-57/h3-6,11-14,16,18,27-29,31,37-38,53H,7-10,15,17,19-26,30,32H2,1-2H3,(H,51,52)(H,54,59). The molecule has 1 amide bonds. The van der Waals surface area contributed by atoms with E-state index >= 15 is 0 Å². The Bertz CT molecular complexity index is 2720. The number of hydrogen-bond acceptors (Lipinski definition) is 12. The lowest BCUT2D eigenvalue weighted by Crippen LogP contribution is -2.47. The van der Waals surface area contributed by atoms with Crippen LogP contribution in [0.25, 0.3) is 16.6 Å². The number of benzene rings is 3. The number of H-pyrrole nitrogens is 1. The number of nitro groups is 1. The predicted molar refractivity (Wildman–Crippen MR) is 257 cm³/mol. The van der Waals surface area contributed by atoms with Crippen molar-refractivity contribution in [3.05, 3.63) is 117 Å². The van der Waals surface area contributed by atoms with Gasteiger partial charge in [0.05, 0.1) is 34.8 Å². The van der Waals surface area contributed by atoms with E-state index in [2.05, 4.69) is 60.7 Å². The van der Waals surface area contributed by atoms with Crippen LogP contribution in [0.3, 0.4) is 0 Å². The second-order valence-electron chi connectivity index (χ2n) is 18.7. The Hall–Kier alpha value is -5.52. The summed E-state index contributed by atoms with van der Waals surface area (Å²) in [5, 5.41) is 17.2. The summed E-state index contributed by atoms with van der Waals surface area (Å²) in [5.41, 5.74) is 5.63. The number of nitrogens with zero attached hydrogens (tertiary/aromatic N) is 5. The number of halogens is 1. The van der Waals surface area contributed by atoms with Crippen molar-refractivity contribution in [1.29, 1.82) is 0 Å². The van der Waals surface area contributed by atoms with E-state index in [9.17, 15) is 23.3 Å². The van der Waals surface area contributed by atoms with Gasteiger partial charge in [0.2, 0.25) is 0 Å². The molecular formula is C49H57ClN8O7S. The Labute approximate surface area is 390 Å². The first-order valence-corrected chi connectivity index (χ1v) is 24.8. The minimum absolute atomic E-state index is 0.00238. The Balaban J connectivity index is 0.904. The number of allylic oxidation sites excluding steroid dienone is 1. The van der Waals surface area contributed by atoms with Gasteiger partial charge in [-0.15, -0.1) is 0 Å². The van der Waals surface area contributed by atoms with E-state index in [1.807, 2.05) is 18.2 Å². The van der Waals surface area contributed by atoms with E-state index in [0.29, 0.717) is 17.4 Å². The highest BCUT2D eigenvalue weighted by molar-refractivity contribution is 7.90. The third-order valence-electron chi connectivity index (χ3n) is 13.7. The van der Waals surface area contributed by atoms with Crippen LogP contribution in [0.2, 0.25) is 5.02 Å². The normalized spacial score (nSPS) is 20.9. The second-order valence-corrected chi connectivity index (χ2v) is 20.8. The Morgan fingerprint density at radius 2 is 1.73 bits per heavy atom. The number of piperazine rings is 1. The number of hydrogen-bond donors (Lipinski definition) is 3. The highest BCUT2D eigenvalue weighted by Gasteiger charge is 2.32.